The predicted octanol–water partition coefficient (Wildman–Crippen LogP) is 4.44. The molecule has 6 nitrogen and oxygen atoms in total. The Hall–Kier alpha value is -2.77. The first kappa shape index (κ1) is 20.2. The minimum absolute atomic E-state index is 0.0307. The van der Waals surface area contributed by atoms with Crippen LogP contribution in [0.15, 0.2) is 42.1 Å². The van der Waals surface area contributed by atoms with Crippen molar-refractivity contribution in [2.75, 3.05) is 33.2 Å². The van der Waals surface area contributed by atoms with Gasteiger partial charge in [-0.1, -0.05) is 32.1 Å². The summed E-state index contributed by atoms with van der Waals surface area (Å²) in [6, 6.07) is 2.17. The van der Waals surface area contributed by atoms with Crippen LogP contribution in [0.3, 0.4) is 0 Å². The van der Waals surface area contributed by atoms with Crippen LogP contribution in [-0.4, -0.2) is 63.9 Å². The summed E-state index contributed by atoms with van der Waals surface area (Å²) < 4.78 is 0. The molecule has 5 rings (SSSR count). The summed E-state index contributed by atoms with van der Waals surface area (Å²) in [5, 5.41) is 3.56. The Bertz CT molecular complexity index is 1190. The number of fused-ring (bicyclic) bond motifs is 1. The quantitative estimate of drug-likeness (QED) is 0.663. The summed E-state index contributed by atoms with van der Waals surface area (Å²) in [5.74, 6) is 0.0307. The maximum atomic E-state index is 12.9. The van der Waals surface area contributed by atoms with Crippen LogP contribution in [0.2, 0.25) is 0 Å². The van der Waals surface area contributed by atoms with Gasteiger partial charge < -0.3 is 14.8 Å². The number of thiazole rings is 1. The molecule has 160 valence electrons. The lowest BCUT2D eigenvalue weighted by molar-refractivity contribution is 0.0664. The van der Waals surface area contributed by atoms with Crippen molar-refractivity contribution in [2.24, 2.45) is 5.41 Å². The molecule has 1 fully saturated rings. The fraction of sp³-hybridized carbons (Fsp3) is 0.375. The van der Waals surface area contributed by atoms with E-state index in [4.69, 9.17) is 4.98 Å². The van der Waals surface area contributed by atoms with E-state index in [0.717, 1.165) is 60.5 Å². The molecular formula is C24H27N5OS. The number of hydrogen-bond acceptors (Lipinski definition) is 5. The van der Waals surface area contributed by atoms with Crippen LogP contribution in [-0.2, 0) is 0 Å². The molecule has 31 heavy (non-hydrogen) atoms. The molecule has 3 aromatic heterocycles. The highest BCUT2D eigenvalue weighted by Gasteiger charge is 2.24. The van der Waals surface area contributed by atoms with Crippen molar-refractivity contribution < 1.29 is 4.79 Å². The maximum absolute atomic E-state index is 12.9. The fourth-order valence-corrected chi connectivity index (χ4v) is 4.84. The number of aromatic nitrogens is 3. The van der Waals surface area contributed by atoms with Crippen molar-refractivity contribution in [3.8, 4) is 11.3 Å². The molecule has 3 aromatic rings. The number of H-pyrrole nitrogens is 1. The normalized spacial score (nSPS) is 19.1. The number of rotatable bonds is 3. The van der Waals surface area contributed by atoms with Gasteiger partial charge in [-0.2, -0.15) is 0 Å². The van der Waals surface area contributed by atoms with E-state index in [2.05, 4.69) is 60.1 Å². The van der Waals surface area contributed by atoms with E-state index >= 15 is 0 Å². The zero-order chi connectivity index (χ0) is 21.6. The first-order valence-electron chi connectivity index (χ1n) is 10.7. The van der Waals surface area contributed by atoms with E-state index in [0.29, 0.717) is 5.01 Å². The first-order valence-corrected chi connectivity index (χ1v) is 11.6. The smallest absolute Gasteiger partial charge is 0.282 e. The largest absolute Gasteiger partial charge is 0.345 e. The molecule has 0 saturated carbocycles. The van der Waals surface area contributed by atoms with E-state index in [1.807, 2.05) is 22.7 Å². The minimum atomic E-state index is 0.0307. The number of nitrogens with zero attached hydrogens (tertiary/aromatic N) is 4. The second-order valence-corrected chi connectivity index (χ2v) is 10.00. The third-order valence-electron chi connectivity index (χ3n) is 6.18. The van der Waals surface area contributed by atoms with Gasteiger partial charge in [0.2, 0.25) is 0 Å². The van der Waals surface area contributed by atoms with Gasteiger partial charge in [-0.05, 0) is 30.5 Å². The lowest BCUT2D eigenvalue weighted by atomic mass is 9.83. The molecule has 0 unspecified atom stereocenters. The topological polar surface area (TPSA) is 65.1 Å². The number of aromatic amines is 1. The fourth-order valence-electron chi connectivity index (χ4n) is 4.05. The molecule has 4 heterocycles. The van der Waals surface area contributed by atoms with Crippen LogP contribution in [0.5, 0.6) is 0 Å². The molecule has 0 atom stereocenters. The van der Waals surface area contributed by atoms with Crippen molar-refractivity contribution in [3.05, 3.63) is 52.6 Å². The van der Waals surface area contributed by atoms with Crippen molar-refractivity contribution in [1.29, 1.82) is 0 Å². The number of nitrogens with one attached hydrogen (secondary N) is 1. The molecule has 7 heteroatoms. The van der Waals surface area contributed by atoms with Gasteiger partial charge in [-0.25, -0.2) is 9.97 Å². The highest BCUT2D eigenvalue weighted by atomic mass is 32.1. The van der Waals surface area contributed by atoms with Crippen LogP contribution >= 0.6 is 11.3 Å². The number of likely N-dealkylation sites (N-methyl/N-ethyl adjacent to an activating group) is 1. The summed E-state index contributed by atoms with van der Waals surface area (Å²) in [6.45, 7) is 7.80. The Labute approximate surface area is 186 Å². The second-order valence-electron chi connectivity index (χ2n) is 9.14. The molecule has 1 N–H and O–H groups in total. The lowest BCUT2D eigenvalue weighted by Crippen LogP contribution is -2.47. The highest BCUT2D eigenvalue weighted by Crippen LogP contribution is 2.34. The predicted molar refractivity (Wildman–Crippen MR) is 126 cm³/mol. The van der Waals surface area contributed by atoms with Gasteiger partial charge in [0.15, 0.2) is 5.01 Å². The van der Waals surface area contributed by atoms with E-state index in [9.17, 15) is 4.79 Å². The molecule has 1 aliphatic carbocycles. The van der Waals surface area contributed by atoms with Crippen molar-refractivity contribution in [1.82, 2.24) is 24.8 Å². The molecule has 1 saturated heterocycles. The number of piperazine rings is 1. The lowest BCUT2D eigenvalue weighted by Gasteiger charge is -2.31. The van der Waals surface area contributed by atoms with Gasteiger partial charge in [0.1, 0.15) is 5.65 Å². The molecule has 0 radical (unpaired) electrons. The van der Waals surface area contributed by atoms with Crippen LogP contribution in [0.1, 0.15) is 35.6 Å². The number of hydrogen-bond donors (Lipinski definition) is 1. The first-order chi connectivity index (χ1) is 14.9. The number of carbonyl (C=O) groups excluding carboxylic acids is 1. The van der Waals surface area contributed by atoms with Gasteiger partial charge in [-0.15, -0.1) is 11.3 Å². The Morgan fingerprint density at radius 3 is 2.77 bits per heavy atom. The number of pyridine rings is 1. The Morgan fingerprint density at radius 1 is 1.23 bits per heavy atom. The molecule has 0 bridgehead atoms. The van der Waals surface area contributed by atoms with Crippen LogP contribution in [0, 0.1) is 5.41 Å². The Morgan fingerprint density at radius 2 is 2.03 bits per heavy atom. The van der Waals surface area contributed by atoms with E-state index in [1.54, 1.807) is 0 Å². The maximum Gasteiger partial charge on any atom is 0.282 e. The molecule has 0 spiro atoms. The van der Waals surface area contributed by atoms with Crippen molar-refractivity contribution >= 4 is 33.9 Å². The van der Waals surface area contributed by atoms with Gasteiger partial charge in [0, 0.05) is 60.5 Å². The highest BCUT2D eigenvalue weighted by molar-refractivity contribution is 7.12. The third kappa shape index (κ3) is 3.95. The third-order valence-corrected chi connectivity index (χ3v) is 7.01. The minimum Gasteiger partial charge on any atom is -0.345 e. The average Bonchev–Trinajstić information content (AvgIpc) is 3.40. The van der Waals surface area contributed by atoms with E-state index in [-0.39, 0.29) is 11.3 Å². The standard InChI is InChI=1S/C24H27N5OS/c1-24(2)6-4-16(5-7-24)17-12-18-19(14-26-21(18)25-13-17)20-15-31-22(27-20)23(30)29-10-8-28(3)9-11-29/h4-6,12-15H,7-11H2,1-3H3,(H,25,26). The van der Waals surface area contributed by atoms with E-state index < -0.39 is 0 Å². The molecule has 2 aliphatic rings. The number of carbonyl (C=O) groups is 1. The summed E-state index contributed by atoms with van der Waals surface area (Å²) in [6.07, 6.45) is 11.6. The van der Waals surface area contributed by atoms with Crippen molar-refractivity contribution in [3.63, 3.8) is 0 Å². The SMILES string of the molecule is CN1CCN(C(=O)c2nc(-c3c[nH]c4ncc(C5=CCC(C)(C)C=C5)cc34)cs2)CC1. The van der Waals surface area contributed by atoms with Gasteiger partial charge in [0.05, 0.1) is 5.69 Å². The number of allylic oxidation sites excluding steroid dienone is 4. The van der Waals surface area contributed by atoms with Crippen LogP contribution in [0.25, 0.3) is 27.9 Å². The monoisotopic (exact) mass is 433 g/mol. The molecule has 1 amide bonds. The summed E-state index contributed by atoms with van der Waals surface area (Å²) in [5.41, 5.74) is 5.14. The Kier molecular flexibility index (Phi) is 5.02. The summed E-state index contributed by atoms with van der Waals surface area (Å²) in [7, 11) is 2.09. The second kappa shape index (κ2) is 7.73. The van der Waals surface area contributed by atoms with Crippen LogP contribution < -0.4 is 0 Å². The van der Waals surface area contributed by atoms with Crippen LogP contribution in [0.4, 0.5) is 0 Å². The molecular weight excluding hydrogens is 406 g/mol. The van der Waals surface area contributed by atoms with E-state index in [1.165, 1.54) is 16.9 Å². The summed E-state index contributed by atoms with van der Waals surface area (Å²) >= 11 is 1.42. The van der Waals surface area contributed by atoms with Gasteiger partial charge >= 0.3 is 0 Å². The zero-order valence-corrected chi connectivity index (χ0v) is 19.0. The van der Waals surface area contributed by atoms with Gasteiger partial charge in [-0.3, -0.25) is 4.79 Å². The Balaban J connectivity index is 1.43. The molecule has 1 aliphatic heterocycles. The molecule has 0 aromatic carbocycles. The average molecular weight is 434 g/mol. The van der Waals surface area contributed by atoms with Crippen molar-refractivity contribution in [2.45, 2.75) is 20.3 Å². The zero-order valence-electron chi connectivity index (χ0n) is 18.2. The number of amides is 1. The van der Waals surface area contributed by atoms with Gasteiger partial charge in [0.25, 0.3) is 5.91 Å². The summed E-state index contributed by atoms with van der Waals surface area (Å²) in [4.78, 5) is 29.6.